The van der Waals surface area contributed by atoms with Crippen LogP contribution in [0.15, 0.2) is 18.2 Å². The van der Waals surface area contributed by atoms with Gasteiger partial charge in [0, 0.05) is 18.8 Å². The van der Waals surface area contributed by atoms with Crippen molar-refractivity contribution in [2.45, 2.75) is 19.1 Å². The molecule has 1 rings (SSSR count). The summed E-state index contributed by atoms with van der Waals surface area (Å²) in [6.07, 6.45) is -4.96. The SMILES string of the molecule is COc1ccc(N)c(CN(C)CCC(F)(F)F)c1. The average molecular weight is 262 g/mol. The number of ether oxygens (including phenoxy) is 1. The molecule has 0 amide bonds. The predicted octanol–water partition coefficient (Wildman–Crippen LogP) is 2.66. The highest BCUT2D eigenvalue weighted by Crippen LogP contribution is 2.22. The lowest BCUT2D eigenvalue weighted by Gasteiger charge is -2.19. The van der Waals surface area contributed by atoms with Crippen molar-refractivity contribution in [3.63, 3.8) is 0 Å². The number of methoxy groups -OCH3 is 1. The van der Waals surface area contributed by atoms with Crippen LogP contribution in [0, 0.1) is 0 Å². The lowest BCUT2D eigenvalue weighted by molar-refractivity contribution is -0.137. The molecule has 0 atom stereocenters. The fraction of sp³-hybridized carbons (Fsp3) is 0.500. The molecular weight excluding hydrogens is 245 g/mol. The molecule has 0 aromatic heterocycles. The summed E-state index contributed by atoms with van der Waals surface area (Å²) in [5.74, 6) is 0.642. The number of halogens is 3. The number of nitrogen functional groups attached to an aromatic ring is 1. The molecule has 1 aromatic rings. The van der Waals surface area contributed by atoms with Gasteiger partial charge in [0.05, 0.1) is 13.5 Å². The Kier molecular flexibility index (Phi) is 4.84. The smallest absolute Gasteiger partial charge is 0.390 e. The number of nitrogens with two attached hydrogens (primary N) is 1. The van der Waals surface area contributed by atoms with E-state index in [2.05, 4.69) is 0 Å². The van der Waals surface area contributed by atoms with Crippen molar-refractivity contribution in [3.8, 4) is 5.75 Å². The Balaban J connectivity index is 2.61. The molecule has 0 aliphatic carbocycles. The van der Waals surface area contributed by atoms with Gasteiger partial charge in [-0.05, 0) is 30.8 Å². The van der Waals surface area contributed by atoms with Gasteiger partial charge in [-0.15, -0.1) is 0 Å². The maximum Gasteiger partial charge on any atom is 0.390 e. The first kappa shape index (κ1) is 14.6. The Morgan fingerprint density at radius 2 is 2.00 bits per heavy atom. The molecule has 0 spiro atoms. The van der Waals surface area contributed by atoms with E-state index in [0.717, 1.165) is 5.56 Å². The van der Waals surface area contributed by atoms with Gasteiger partial charge in [-0.25, -0.2) is 0 Å². The minimum absolute atomic E-state index is 0.0554. The number of hydrogen-bond acceptors (Lipinski definition) is 3. The molecule has 0 radical (unpaired) electrons. The van der Waals surface area contributed by atoms with Gasteiger partial charge >= 0.3 is 6.18 Å². The quantitative estimate of drug-likeness (QED) is 0.829. The van der Waals surface area contributed by atoms with Crippen LogP contribution in [0.3, 0.4) is 0 Å². The van der Waals surface area contributed by atoms with Crippen LogP contribution in [0.2, 0.25) is 0 Å². The number of benzene rings is 1. The van der Waals surface area contributed by atoms with Crippen LogP contribution in [-0.4, -0.2) is 31.8 Å². The molecule has 0 bridgehead atoms. The first-order valence-corrected chi connectivity index (χ1v) is 5.49. The fourth-order valence-corrected chi connectivity index (χ4v) is 1.53. The number of nitrogens with zero attached hydrogens (tertiary/aromatic N) is 1. The summed E-state index contributed by atoms with van der Waals surface area (Å²) in [7, 11) is 3.16. The van der Waals surface area contributed by atoms with Crippen LogP contribution in [0.1, 0.15) is 12.0 Å². The van der Waals surface area contributed by atoms with Crippen molar-refractivity contribution >= 4 is 5.69 Å². The van der Waals surface area contributed by atoms with Crippen molar-refractivity contribution in [1.82, 2.24) is 4.90 Å². The molecule has 1 aromatic carbocycles. The van der Waals surface area contributed by atoms with E-state index in [1.165, 1.54) is 7.11 Å². The molecule has 0 unspecified atom stereocenters. The third kappa shape index (κ3) is 4.83. The van der Waals surface area contributed by atoms with E-state index < -0.39 is 12.6 Å². The zero-order valence-corrected chi connectivity index (χ0v) is 10.4. The predicted molar refractivity (Wildman–Crippen MR) is 64.4 cm³/mol. The molecule has 0 fully saturated rings. The molecule has 0 saturated carbocycles. The molecule has 102 valence electrons. The largest absolute Gasteiger partial charge is 0.497 e. The maximum atomic E-state index is 12.1. The van der Waals surface area contributed by atoms with Gasteiger partial charge in [-0.1, -0.05) is 0 Å². The normalized spacial score (nSPS) is 11.9. The van der Waals surface area contributed by atoms with E-state index in [-0.39, 0.29) is 6.54 Å². The Labute approximate surface area is 104 Å². The summed E-state index contributed by atoms with van der Waals surface area (Å²) in [6, 6.07) is 5.14. The van der Waals surface area contributed by atoms with Gasteiger partial charge in [-0.2, -0.15) is 13.2 Å². The zero-order chi connectivity index (χ0) is 13.8. The molecule has 3 nitrogen and oxygen atoms in total. The van der Waals surface area contributed by atoms with Crippen molar-refractivity contribution in [2.75, 3.05) is 26.4 Å². The summed E-state index contributed by atoms with van der Waals surface area (Å²) in [4.78, 5) is 1.58. The second-order valence-corrected chi connectivity index (χ2v) is 4.17. The van der Waals surface area contributed by atoms with Crippen LogP contribution >= 0.6 is 0 Å². The van der Waals surface area contributed by atoms with Gasteiger partial charge in [0.1, 0.15) is 5.75 Å². The number of alkyl halides is 3. The molecule has 0 heterocycles. The number of hydrogen-bond donors (Lipinski definition) is 1. The van der Waals surface area contributed by atoms with Gasteiger partial charge in [0.15, 0.2) is 0 Å². The molecule has 0 aliphatic rings. The van der Waals surface area contributed by atoms with E-state index in [9.17, 15) is 13.2 Å². The monoisotopic (exact) mass is 262 g/mol. The Morgan fingerprint density at radius 3 is 2.56 bits per heavy atom. The van der Waals surface area contributed by atoms with E-state index in [0.29, 0.717) is 18.0 Å². The number of rotatable bonds is 5. The molecular formula is C12H17F3N2O. The Hall–Kier alpha value is -1.43. The first-order valence-electron chi connectivity index (χ1n) is 5.49. The van der Waals surface area contributed by atoms with Crippen molar-refractivity contribution in [3.05, 3.63) is 23.8 Å². The van der Waals surface area contributed by atoms with E-state index in [1.807, 2.05) is 0 Å². The highest BCUT2D eigenvalue weighted by molar-refractivity contribution is 5.50. The molecule has 18 heavy (non-hydrogen) atoms. The van der Waals surface area contributed by atoms with Gasteiger partial charge in [0.25, 0.3) is 0 Å². The van der Waals surface area contributed by atoms with Crippen molar-refractivity contribution in [2.24, 2.45) is 0 Å². The second kappa shape index (κ2) is 5.95. The minimum atomic E-state index is -4.13. The summed E-state index contributed by atoms with van der Waals surface area (Å²) in [6.45, 7) is 0.305. The lowest BCUT2D eigenvalue weighted by atomic mass is 10.1. The minimum Gasteiger partial charge on any atom is -0.497 e. The summed E-state index contributed by atoms with van der Waals surface area (Å²) in [5.41, 5.74) is 7.08. The van der Waals surface area contributed by atoms with Crippen LogP contribution in [0.4, 0.5) is 18.9 Å². The van der Waals surface area contributed by atoms with E-state index >= 15 is 0 Å². The standard InChI is InChI=1S/C12H17F3N2O/c1-17(6-5-12(13,14)15)8-9-7-10(18-2)3-4-11(9)16/h3-4,7H,5-6,8,16H2,1-2H3. The average Bonchev–Trinajstić information content (AvgIpc) is 2.28. The molecule has 0 saturated heterocycles. The second-order valence-electron chi connectivity index (χ2n) is 4.17. The third-order valence-electron chi connectivity index (χ3n) is 2.57. The lowest BCUT2D eigenvalue weighted by Crippen LogP contribution is -2.24. The van der Waals surface area contributed by atoms with Crippen LogP contribution in [0.25, 0.3) is 0 Å². The van der Waals surface area contributed by atoms with Crippen LogP contribution in [-0.2, 0) is 6.54 Å². The fourth-order valence-electron chi connectivity index (χ4n) is 1.53. The van der Waals surface area contributed by atoms with Crippen molar-refractivity contribution in [1.29, 1.82) is 0 Å². The first-order chi connectivity index (χ1) is 8.31. The van der Waals surface area contributed by atoms with Gasteiger partial charge < -0.3 is 15.4 Å². The van der Waals surface area contributed by atoms with Crippen LogP contribution < -0.4 is 10.5 Å². The third-order valence-corrected chi connectivity index (χ3v) is 2.57. The van der Waals surface area contributed by atoms with Crippen LogP contribution in [0.5, 0.6) is 5.75 Å². The maximum absolute atomic E-state index is 12.1. The Morgan fingerprint density at radius 1 is 1.33 bits per heavy atom. The highest BCUT2D eigenvalue weighted by Gasteiger charge is 2.27. The van der Waals surface area contributed by atoms with E-state index in [4.69, 9.17) is 10.5 Å². The van der Waals surface area contributed by atoms with Gasteiger partial charge in [0.2, 0.25) is 0 Å². The summed E-state index contributed by atoms with van der Waals surface area (Å²) >= 11 is 0. The Bertz CT molecular complexity index is 393. The highest BCUT2D eigenvalue weighted by atomic mass is 19.4. The molecule has 0 aliphatic heterocycles. The molecule has 6 heteroatoms. The van der Waals surface area contributed by atoms with Crippen molar-refractivity contribution < 1.29 is 17.9 Å². The zero-order valence-electron chi connectivity index (χ0n) is 10.4. The topological polar surface area (TPSA) is 38.5 Å². The summed E-state index contributed by atoms with van der Waals surface area (Å²) in [5, 5.41) is 0. The summed E-state index contributed by atoms with van der Waals surface area (Å²) < 4.78 is 41.3. The van der Waals surface area contributed by atoms with E-state index in [1.54, 1.807) is 30.1 Å². The number of anilines is 1. The van der Waals surface area contributed by atoms with Gasteiger partial charge in [-0.3, -0.25) is 0 Å². The molecule has 2 N–H and O–H groups in total.